The van der Waals surface area contributed by atoms with E-state index in [-0.39, 0.29) is 5.54 Å². The molecular formula is C16H35NO5. The molecule has 0 spiro atoms. The van der Waals surface area contributed by atoms with E-state index in [9.17, 15) is 0 Å². The molecule has 0 aromatic carbocycles. The van der Waals surface area contributed by atoms with E-state index >= 15 is 0 Å². The Morgan fingerprint density at radius 1 is 0.591 bits per heavy atom. The van der Waals surface area contributed by atoms with E-state index in [1.165, 1.54) is 0 Å². The van der Waals surface area contributed by atoms with Gasteiger partial charge in [0, 0.05) is 18.7 Å². The van der Waals surface area contributed by atoms with Crippen molar-refractivity contribution in [3.05, 3.63) is 0 Å². The van der Waals surface area contributed by atoms with Gasteiger partial charge in [0.25, 0.3) is 0 Å². The summed E-state index contributed by atoms with van der Waals surface area (Å²) in [4.78, 5) is 0. The SMILES string of the molecule is CCOCCOCCOCCOCCOCCNC(C)(C)C. The minimum absolute atomic E-state index is 0.143. The molecule has 0 aliphatic carbocycles. The van der Waals surface area contributed by atoms with Gasteiger partial charge in [0.1, 0.15) is 0 Å². The Hall–Kier alpha value is -0.240. The maximum atomic E-state index is 5.46. The maximum absolute atomic E-state index is 5.46. The summed E-state index contributed by atoms with van der Waals surface area (Å²) in [5, 5.41) is 3.36. The topological polar surface area (TPSA) is 58.2 Å². The summed E-state index contributed by atoms with van der Waals surface area (Å²) >= 11 is 0. The van der Waals surface area contributed by atoms with E-state index in [2.05, 4.69) is 26.1 Å². The lowest BCUT2D eigenvalue weighted by molar-refractivity contribution is -0.0101. The Kier molecular flexibility index (Phi) is 15.5. The van der Waals surface area contributed by atoms with Crippen LogP contribution in [0.3, 0.4) is 0 Å². The Morgan fingerprint density at radius 3 is 1.32 bits per heavy atom. The normalized spacial score (nSPS) is 12.0. The molecule has 0 amide bonds. The van der Waals surface area contributed by atoms with Crippen LogP contribution in [0, 0.1) is 0 Å². The summed E-state index contributed by atoms with van der Waals surface area (Å²) < 4.78 is 26.7. The molecule has 1 N–H and O–H groups in total. The number of hydrogen-bond donors (Lipinski definition) is 1. The van der Waals surface area contributed by atoms with Crippen LogP contribution in [0.1, 0.15) is 27.7 Å². The van der Waals surface area contributed by atoms with E-state index in [0.29, 0.717) is 59.5 Å². The van der Waals surface area contributed by atoms with Crippen molar-refractivity contribution in [2.45, 2.75) is 33.2 Å². The summed E-state index contributed by atoms with van der Waals surface area (Å²) in [5.74, 6) is 0. The molecule has 0 unspecified atom stereocenters. The number of nitrogens with one attached hydrogen (secondary N) is 1. The molecule has 6 nitrogen and oxygen atoms in total. The van der Waals surface area contributed by atoms with Crippen molar-refractivity contribution in [1.82, 2.24) is 5.32 Å². The minimum Gasteiger partial charge on any atom is -0.379 e. The Morgan fingerprint density at radius 2 is 0.955 bits per heavy atom. The van der Waals surface area contributed by atoms with Gasteiger partial charge in [-0.05, 0) is 27.7 Å². The minimum atomic E-state index is 0.143. The van der Waals surface area contributed by atoms with Crippen molar-refractivity contribution in [2.75, 3.05) is 72.6 Å². The highest BCUT2D eigenvalue weighted by atomic mass is 16.6. The average Bonchev–Trinajstić information content (AvgIpc) is 2.45. The summed E-state index contributed by atoms with van der Waals surface area (Å²) in [7, 11) is 0. The molecule has 0 heterocycles. The van der Waals surface area contributed by atoms with Gasteiger partial charge in [-0.2, -0.15) is 0 Å². The smallest absolute Gasteiger partial charge is 0.0701 e. The van der Waals surface area contributed by atoms with Crippen LogP contribution in [-0.2, 0) is 23.7 Å². The van der Waals surface area contributed by atoms with Crippen LogP contribution in [0.5, 0.6) is 0 Å². The zero-order valence-electron chi connectivity index (χ0n) is 14.8. The van der Waals surface area contributed by atoms with Crippen molar-refractivity contribution >= 4 is 0 Å². The van der Waals surface area contributed by atoms with Crippen molar-refractivity contribution < 1.29 is 23.7 Å². The van der Waals surface area contributed by atoms with Gasteiger partial charge in [-0.15, -0.1) is 0 Å². The highest BCUT2D eigenvalue weighted by molar-refractivity contribution is 4.69. The second-order valence-corrected chi connectivity index (χ2v) is 5.82. The molecule has 0 atom stereocenters. The molecule has 6 heteroatoms. The first kappa shape index (κ1) is 21.8. The molecule has 0 aliphatic heterocycles. The molecule has 22 heavy (non-hydrogen) atoms. The van der Waals surface area contributed by atoms with Crippen LogP contribution in [-0.4, -0.2) is 78.2 Å². The van der Waals surface area contributed by atoms with Crippen LogP contribution in [0.25, 0.3) is 0 Å². The number of hydrogen-bond acceptors (Lipinski definition) is 6. The number of rotatable bonds is 16. The monoisotopic (exact) mass is 321 g/mol. The van der Waals surface area contributed by atoms with Gasteiger partial charge < -0.3 is 29.0 Å². The van der Waals surface area contributed by atoms with Crippen LogP contribution < -0.4 is 5.32 Å². The first-order valence-corrected chi connectivity index (χ1v) is 8.20. The fourth-order valence-electron chi connectivity index (χ4n) is 1.52. The maximum Gasteiger partial charge on any atom is 0.0701 e. The van der Waals surface area contributed by atoms with Gasteiger partial charge in [-0.25, -0.2) is 0 Å². The van der Waals surface area contributed by atoms with Crippen LogP contribution in [0.2, 0.25) is 0 Å². The lowest BCUT2D eigenvalue weighted by Gasteiger charge is -2.20. The second-order valence-electron chi connectivity index (χ2n) is 5.82. The third kappa shape index (κ3) is 19.8. The molecule has 0 fully saturated rings. The summed E-state index contributed by atoms with van der Waals surface area (Å²) in [6, 6.07) is 0. The highest BCUT2D eigenvalue weighted by Gasteiger charge is 2.06. The van der Waals surface area contributed by atoms with Crippen molar-refractivity contribution in [2.24, 2.45) is 0 Å². The van der Waals surface area contributed by atoms with Crippen LogP contribution in [0.15, 0.2) is 0 Å². The number of ether oxygens (including phenoxy) is 5. The van der Waals surface area contributed by atoms with Gasteiger partial charge in [-0.3, -0.25) is 0 Å². The molecule has 0 saturated carbocycles. The van der Waals surface area contributed by atoms with Gasteiger partial charge in [0.2, 0.25) is 0 Å². The predicted molar refractivity (Wildman–Crippen MR) is 87.5 cm³/mol. The average molecular weight is 321 g/mol. The van der Waals surface area contributed by atoms with Gasteiger partial charge >= 0.3 is 0 Å². The summed E-state index contributed by atoms with van der Waals surface area (Å²) in [5.41, 5.74) is 0.143. The molecular weight excluding hydrogens is 286 g/mol. The zero-order chi connectivity index (χ0) is 16.5. The van der Waals surface area contributed by atoms with Gasteiger partial charge in [0.05, 0.1) is 59.5 Å². The molecule has 0 radical (unpaired) electrons. The van der Waals surface area contributed by atoms with E-state index in [0.717, 1.165) is 13.2 Å². The molecule has 0 saturated heterocycles. The highest BCUT2D eigenvalue weighted by Crippen LogP contribution is 1.96. The van der Waals surface area contributed by atoms with Crippen molar-refractivity contribution in [3.8, 4) is 0 Å². The van der Waals surface area contributed by atoms with Crippen molar-refractivity contribution in [3.63, 3.8) is 0 Å². The molecule has 0 aliphatic rings. The quantitative estimate of drug-likeness (QED) is 0.435. The molecule has 134 valence electrons. The van der Waals surface area contributed by atoms with Crippen LogP contribution >= 0.6 is 0 Å². The van der Waals surface area contributed by atoms with E-state index < -0.39 is 0 Å². The Labute approximate surface area is 135 Å². The molecule has 0 rings (SSSR count). The fraction of sp³-hybridized carbons (Fsp3) is 1.00. The van der Waals surface area contributed by atoms with Gasteiger partial charge in [-0.1, -0.05) is 0 Å². The zero-order valence-corrected chi connectivity index (χ0v) is 14.8. The molecule has 0 bridgehead atoms. The standard InChI is InChI=1S/C16H35NO5/c1-5-18-8-9-20-12-13-22-15-14-21-11-10-19-7-6-17-16(2,3)4/h17H,5-15H2,1-4H3. The summed E-state index contributed by atoms with van der Waals surface area (Å²) in [6.45, 7) is 15.5. The third-order valence-corrected chi connectivity index (χ3v) is 2.59. The van der Waals surface area contributed by atoms with Crippen LogP contribution in [0.4, 0.5) is 0 Å². The first-order valence-electron chi connectivity index (χ1n) is 8.20. The Balaban J connectivity index is 3.00. The third-order valence-electron chi connectivity index (χ3n) is 2.59. The molecule has 0 aromatic heterocycles. The second kappa shape index (κ2) is 15.6. The van der Waals surface area contributed by atoms with E-state index in [1.54, 1.807) is 0 Å². The van der Waals surface area contributed by atoms with E-state index in [1.807, 2.05) is 6.92 Å². The first-order chi connectivity index (χ1) is 10.6. The Bertz CT molecular complexity index is 221. The predicted octanol–water partition coefficient (Wildman–Crippen LogP) is 1.48. The summed E-state index contributed by atoms with van der Waals surface area (Å²) in [6.07, 6.45) is 0. The molecule has 0 aromatic rings. The lowest BCUT2D eigenvalue weighted by Crippen LogP contribution is -2.38. The largest absolute Gasteiger partial charge is 0.379 e. The van der Waals surface area contributed by atoms with Gasteiger partial charge in [0.15, 0.2) is 0 Å². The fourth-order valence-corrected chi connectivity index (χ4v) is 1.52. The van der Waals surface area contributed by atoms with E-state index in [4.69, 9.17) is 23.7 Å². The van der Waals surface area contributed by atoms with Crippen molar-refractivity contribution in [1.29, 1.82) is 0 Å². The lowest BCUT2D eigenvalue weighted by atomic mass is 10.1.